The lowest BCUT2D eigenvalue weighted by Gasteiger charge is -2.29. The molecule has 6 nitrogen and oxygen atoms in total. The van der Waals surface area contributed by atoms with Crippen molar-refractivity contribution in [2.75, 3.05) is 23.3 Å². The van der Waals surface area contributed by atoms with Crippen molar-refractivity contribution < 1.29 is 18.4 Å². The van der Waals surface area contributed by atoms with Crippen LogP contribution in [-0.2, 0) is 16.0 Å². The Morgan fingerprint density at radius 3 is 2.62 bits per heavy atom. The van der Waals surface area contributed by atoms with E-state index in [2.05, 4.69) is 21.6 Å². The summed E-state index contributed by atoms with van der Waals surface area (Å²) in [4.78, 5) is 26.6. The molecule has 0 unspecified atom stereocenters. The molecule has 2 amide bonds. The number of amides is 2. The molecule has 2 aromatic carbocycles. The molecule has 2 heterocycles. The molecule has 0 aliphatic carbocycles. The summed E-state index contributed by atoms with van der Waals surface area (Å²) < 4.78 is 19.3. The van der Waals surface area contributed by atoms with E-state index in [1.54, 1.807) is 18.4 Å². The normalized spacial score (nSPS) is 13.6. The summed E-state index contributed by atoms with van der Waals surface area (Å²) in [7, 11) is 0. The Balaban J connectivity index is 1.46. The van der Waals surface area contributed by atoms with E-state index in [9.17, 15) is 14.0 Å². The Morgan fingerprint density at radius 1 is 1.03 bits per heavy atom. The van der Waals surface area contributed by atoms with Crippen LogP contribution in [0.3, 0.4) is 0 Å². The quantitative estimate of drug-likeness (QED) is 0.653. The van der Waals surface area contributed by atoms with Crippen LogP contribution in [0.5, 0.6) is 0 Å². The average molecular weight is 393 g/mol. The number of nitrogens with zero attached hydrogens (tertiary/aromatic N) is 1. The highest BCUT2D eigenvalue weighted by Crippen LogP contribution is 2.34. The minimum atomic E-state index is -0.921. The van der Waals surface area contributed by atoms with Gasteiger partial charge >= 0.3 is 11.8 Å². The number of furan rings is 1. The second-order valence-corrected chi connectivity index (χ2v) is 6.75. The minimum Gasteiger partial charge on any atom is -0.467 e. The molecule has 0 spiro atoms. The lowest BCUT2D eigenvalue weighted by Crippen LogP contribution is -2.41. The van der Waals surface area contributed by atoms with Gasteiger partial charge < -0.3 is 20.0 Å². The second-order valence-electron chi connectivity index (χ2n) is 6.75. The molecular weight excluding hydrogens is 373 g/mol. The van der Waals surface area contributed by atoms with Crippen LogP contribution in [0.15, 0.2) is 71.3 Å². The smallest absolute Gasteiger partial charge is 0.313 e. The lowest BCUT2D eigenvalue weighted by molar-refractivity contribution is -0.136. The van der Waals surface area contributed by atoms with Crippen LogP contribution in [0.25, 0.3) is 0 Å². The second kappa shape index (κ2) is 8.18. The number of hydrogen-bond acceptors (Lipinski definition) is 4. The summed E-state index contributed by atoms with van der Waals surface area (Å²) in [5.41, 5.74) is 2.27. The number of nitrogens with one attached hydrogen (secondary N) is 2. The number of fused-ring (bicyclic) bond motifs is 1. The van der Waals surface area contributed by atoms with Gasteiger partial charge in [0.05, 0.1) is 12.0 Å². The third-order valence-electron chi connectivity index (χ3n) is 4.96. The predicted molar refractivity (Wildman–Crippen MR) is 107 cm³/mol. The molecular formula is C22H20FN3O3. The van der Waals surface area contributed by atoms with Crippen molar-refractivity contribution >= 4 is 23.2 Å². The molecule has 1 aliphatic rings. The first-order valence-electron chi connectivity index (χ1n) is 9.35. The van der Waals surface area contributed by atoms with Crippen molar-refractivity contribution in [2.45, 2.75) is 12.5 Å². The molecule has 7 heteroatoms. The topological polar surface area (TPSA) is 74.6 Å². The van der Waals surface area contributed by atoms with Crippen LogP contribution in [-0.4, -0.2) is 24.9 Å². The number of anilines is 2. The first kappa shape index (κ1) is 18.7. The summed E-state index contributed by atoms with van der Waals surface area (Å²) in [6, 6.07) is 17.1. The van der Waals surface area contributed by atoms with Crippen LogP contribution < -0.4 is 15.5 Å². The molecule has 148 valence electrons. The van der Waals surface area contributed by atoms with Gasteiger partial charge in [-0.3, -0.25) is 9.59 Å². The Morgan fingerprint density at radius 2 is 1.83 bits per heavy atom. The van der Waals surface area contributed by atoms with E-state index >= 15 is 0 Å². The SMILES string of the molecule is O=C(NC[C@@H](c1ccco1)N1CCc2ccccc21)C(=O)Nc1ccccc1F. The van der Waals surface area contributed by atoms with Crippen molar-refractivity contribution in [3.63, 3.8) is 0 Å². The summed E-state index contributed by atoms with van der Waals surface area (Å²) in [5.74, 6) is -1.67. The van der Waals surface area contributed by atoms with E-state index in [4.69, 9.17) is 4.42 Å². The number of carbonyl (C=O) groups excluding carboxylic acids is 2. The third-order valence-corrected chi connectivity index (χ3v) is 4.96. The molecule has 0 saturated carbocycles. The molecule has 1 aliphatic heterocycles. The van der Waals surface area contributed by atoms with E-state index in [1.807, 2.05) is 24.3 Å². The zero-order valence-electron chi connectivity index (χ0n) is 15.6. The Kier molecular flexibility index (Phi) is 5.29. The van der Waals surface area contributed by atoms with Crippen molar-refractivity contribution in [3.05, 3.63) is 84.1 Å². The van der Waals surface area contributed by atoms with Crippen molar-refractivity contribution in [3.8, 4) is 0 Å². The lowest BCUT2D eigenvalue weighted by atomic mass is 10.1. The fourth-order valence-electron chi connectivity index (χ4n) is 3.54. The highest BCUT2D eigenvalue weighted by atomic mass is 19.1. The predicted octanol–water partition coefficient (Wildman–Crippen LogP) is 3.28. The van der Waals surface area contributed by atoms with Gasteiger partial charge in [0.25, 0.3) is 0 Å². The van der Waals surface area contributed by atoms with Gasteiger partial charge in [-0.25, -0.2) is 4.39 Å². The molecule has 0 radical (unpaired) electrons. The van der Waals surface area contributed by atoms with Crippen LogP contribution >= 0.6 is 0 Å². The van der Waals surface area contributed by atoms with Crippen LogP contribution in [0, 0.1) is 5.82 Å². The van der Waals surface area contributed by atoms with Crippen molar-refractivity contribution in [2.24, 2.45) is 0 Å². The maximum Gasteiger partial charge on any atom is 0.313 e. The van der Waals surface area contributed by atoms with Gasteiger partial charge in [-0.05, 0) is 42.3 Å². The van der Waals surface area contributed by atoms with E-state index in [1.165, 1.54) is 23.8 Å². The van der Waals surface area contributed by atoms with Gasteiger partial charge in [-0.15, -0.1) is 0 Å². The molecule has 0 saturated heterocycles. The number of carbonyl (C=O) groups is 2. The number of rotatable bonds is 5. The van der Waals surface area contributed by atoms with Crippen LogP contribution in [0.4, 0.5) is 15.8 Å². The third kappa shape index (κ3) is 3.99. The number of hydrogen-bond donors (Lipinski definition) is 2. The highest BCUT2D eigenvalue weighted by Gasteiger charge is 2.29. The monoisotopic (exact) mass is 393 g/mol. The van der Waals surface area contributed by atoms with Crippen LogP contribution in [0.1, 0.15) is 17.4 Å². The molecule has 3 aromatic rings. The maximum absolute atomic E-state index is 13.7. The molecule has 0 bridgehead atoms. The van der Waals surface area contributed by atoms with Gasteiger partial charge in [0, 0.05) is 18.8 Å². The first-order chi connectivity index (χ1) is 14.1. The number of benzene rings is 2. The van der Waals surface area contributed by atoms with E-state index < -0.39 is 17.6 Å². The average Bonchev–Trinajstić information content (AvgIpc) is 3.40. The fraction of sp³-hybridized carbons (Fsp3) is 0.182. The summed E-state index contributed by atoms with van der Waals surface area (Å²) in [5, 5.41) is 4.93. The highest BCUT2D eigenvalue weighted by molar-refractivity contribution is 6.39. The number of halogens is 1. The van der Waals surface area contributed by atoms with E-state index in [0.29, 0.717) is 5.76 Å². The fourth-order valence-corrected chi connectivity index (χ4v) is 3.54. The molecule has 1 atom stereocenters. The van der Waals surface area contributed by atoms with Crippen molar-refractivity contribution in [1.82, 2.24) is 5.32 Å². The minimum absolute atomic E-state index is 0.0382. The first-order valence-corrected chi connectivity index (χ1v) is 9.35. The molecule has 29 heavy (non-hydrogen) atoms. The zero-order chi connectivity index (χ0) is 20.2. The van der Waals surface area contributed by atoms with Gasteiger partial charge in [0.2, 0.25) is 0 Å². The Labute approximate surface area is 167 Å². The Bertz CT molecular complexity index is 1020. The largest absolute Gasteiger partial charge is 0.467 e. The molecule has 1 aromatic heterocycles. The summed E-state index contributed by atoms with van der Waals surface area (Å²) in [6.07, 6.45) is 2.48. The van der Waals surface area contributed by atoms with Gasteiger partial charge in [0.15, 0.2) is 0 Å². The molecule has 0 fully saturated rings. The Hall–Kier alpha value is -3.61. The van der Waals surface area contributed by atoms with Gasteiger partial charge in [-0.1, -0.05) is 30.3 Å². The molecule has 2 N–H and O–H groups in total. The van der Waals surface area contributed by atoms with Gasteiger partial charge in [0.1, 0.15) is 17.6 Å². The number of para-hydroxylation sites is 2. The van der Waals surface area contributed by atoms with E-state index in [0.717, 1.165) is 18.7 Å². The standard InChI is InChI=1S/C22H20FN3O3/c23-16-7-2-3-8-17(16)25-22(28)21(27)24-14-19(20-10-5-13-29-20)26-12-11-15-6-1-4-9-18(15)26/h1-10,13,19H,11-12,14H2,(H,24,27)(H,25,28)/t19-/m0/s1. The summed E-state index contributed by atoms with van der Waals surface area (Å²) >= 11 is 0. The van der Waals surface area contributed by atoms with E-state index in [-0.39, 0.29) is 18.3 Å². The zero-order valence-corrected chi connectivity index (χ0v) is 15.6. The van der Waals surface area contributed by atoms with Gasteiger partial charge in [-0.2, -0.15) is 0 Å². The maximum atomic E-state index is 13.7. The summed E-state index contributed by atoms with van der Waals surface area (Å²) in [6.45, 7) is 0.952. The molecule has 4 rings (SSSR count). The van der Waals surface area contributed by atoms with Crippen LogP contribution in [0.2, 0.25) is 0 Å². The van der Waals surface area contributed by atoms with Crippen molar-refractivity contribution in [1.29, 1.82) is 0 Å².